The van der Waals surface area contributed by atoms with E-state index >= 15 is 0 Å². The molecule has 1 saturated heterocycles. The van der Waals surface area contributed by atoms with Crippen molar-refractivity contribution < 1.29 is 19.4 Å². The number of carbonyl (C=O) groups is 2. The van der Waals surface area contributed by atoms with Crippen molar-refractivity contribution in [1.82, 2.24) is 9.88 Å². The number of likely N-dealkylation sites (tertiary alicyclic amines) is 1. The van der Waals surface area contributed by atoms with Crippen molar-refractivity contribution in [2.24, 2.45) is 11.3 Å². The van der Waals surface area contributed by atoms with Gasteiger partial charge in [0.25, 0.3) is 0 Å². The van der Waals surface area contributed by atoms with Crippen LogP contribution in [0.5, 0.6) is 0 Å². The van der Waals surface area contributed by atoms with Gasteiger partial charge >= 0.3 is 12.1 Å². The summed E-state index contributed by atoms with van der Waals surface area (Å²) in [5.74, 6) is -0.212. The van der Waals surface area contributed by atoms with Gasteiger partial charge < -0.3 is 14.7 Å². The largest absolute Gasteiger partial charge is 0.481 e. The highest BCUT2D eigenvalue weighted by Crippen LogP contribution is 2.74. The van der Waals surface area contributed by atoms with Crippen LogP contribution in [0, 0.1) is 11.3 Å². The highest BCUT2D eigenvalue weighted by Gasteiger charge is 2.73. The number of carboxylic acid groups (broad SMARTS) is 1. The number of piperidine rings is 1. The number of hydrogen-bond donors (Lipinski definition) is 1. The van der Waals surface area contributed by atoms with Crippen LogP contribution in [-0.4, -0.2) is 39.2 Å². The molecule has 1 amide bonds. The molecular formula is C24H30N2O4S. The quantitative estimate of drug-likeness (QED) is 0.678. The van der Waals surface area contributed by atoms with Crippen LogP contribution in [-0.2, 0) is 14.9 Å². The van der Waals surface area contributed by atoms with E-state index in [2.05, 4.69) is 25.1 Å². The minimum Gasteiger partial charge on any atom is -0.481 e. The number of benzene rings is 1. The number of carboxylic acids is 1. The molecule has 0 unspecified atom stereocenters. The molecule has 1 aliphatic heterocycles. The van der Waals surface area contributed by atoms with Crippen molar-refractivity contribution in [1.29, 1.82) is 0 Å². The summed E-state index contributed by atoms with van der Waals surface area (Å²) in [5, 5.41) is 10.5. The molecule has 166 valence electrons. The molecular weight excluding hydrogens is 412 g/mol. The van der Waals surface area contributed by atoms with Gasteiger partial charge in [0.2, 0.25) is 0 Å². The Hall–Kier alpha value is -2.15. The molecule has 2 aromatic rings. The molecule has 1 aromatic heterocycles. The van der Waals surface area contributed by atoms with E-state index < -0.39 is 17.0 Å². The second-order valence-corrected chi connectivity index (χ2v) is 12.0. The maximum absolute atomic E-state index is 12.9. The van der Waals surface area contributed by atoms with Crippen molar-refractivity contribution >= 4 is 33.6 Å². The minimum absolute atomic E-state index is 0.00849. The molecule has 6 nitrogen and oxygen atoms in total. The second-order valence-electron chi connectivity index (χ2n) is 11.0. The van der Waals surface area contributed by atoms with E-state index in [-0.39, 0.29) is 17.6 Å². The first-order valence-electron chi connectivity index (χ1n) is 11.1. The maximum atomic E-state index is 12.9. The maximum Gasteiger partial charge on any atom is 0.410 e. The highest BCUT2D eigenvalue weighted by molar-refractivity contribution is 7.18. The van der Waals surface area contributed by atoms with Gasteiger partial charge in [-0.1, -0.05) is 13.0 Å². The predicted octanol–water partition coefficient (Wildman–Crippen LogP) is 5.51. The Morgan fingerprint density at radius 3 is 2.58 bits per heavy atom. The molecule has 6 rings (SSSR count). The van der Waals surface area contributed by atoms with Crippen molar-refractivity contribution in [3.05, 3.63) is 28.8 Å². The van der Waals surface area contributed by atoms with Crippen molar-refractivity contribution in [3.63, 3.8) is 0 Å². The Bertz CT molecular complexity index is 1050. The molecule has 4 aliphatic rings. The van der Waals surface area contributed by atoms with Gasteiger partial charge in [-0.15, -0.1) is 11.3 Å². The van der Waals surface area contributed by atoms with Gasteiger partial charge in [0.1, 0.15) is 10.6 Å². The van der Waals surface area contributed by atoms with Crippen LogP contribution in [0.15, 0.2) is 18.2 Å². The second kappa shape index (κ2) is 6.67. The number of aliphatic carboxylic acids is 1. The number of rotatable bonds is 3. The minimum atomic E-state index is -0.661. The summed E-state index contributed by atoms with van der Waals surface area (Å²) in [6.45, 7) is 8.57. The van der Waals surface area contributed by atoms with Crippen molar-refractivity contribution in [2.75, 3.05) is 6.54 Å². The molecule has 3 saturated carbocycles. The van der Waals surface area contributed by atoms with E-state index in [4.69, 9.17) is 9.72 Å². The van der Waals surface area contributed by atoms with Crippen molar-refractivity contribution in [2.45, 2.75) is 76.9 Å². The fourth-order valence-electron chi connectivity index (χ4n) is 5.64. The van der Waals surface area contributed by atoms with Crippen LogP contribution in [0.25, 0.3) is 10.2 Å². The van der Waals surface area contributed by atoms with Gasteiger partial charge in [-0.05, 0) is 76.5 Å². The van der Waals surface area contributed by atoms with E-state index in [0.717, 1.165) is 52.9 Å². The van der Waals surface area contributed by atoms with E-state index in [1.807, 2.05) is 25.7 Å². The number of ether oxygens (including phenoxy) is 1. The lowest BCUT2D eigenvalue weighted by atomic mass is 9.35. The van der Waals surface area contributed by atoms with Crippen LogP contribution < -0.4 is 0 Å². The molecule has 2 heterocycles. The van der Waals surface area contributed by atoms with E-state index in [9.17, 15) is 14.7 Å². The van der Waals surface area contributed by atoms with E-state index in [1.165, 1.54) is 0 Å². The molecule has 0 spiro atoms. The standard InChI is InChI=1S/C24H30N2O4S/c1-14-5-7-17(26(10-14)21(29)30-22(2,3)4)15-6-8-18-16(9-15)25-19(31-18)23-11-24(12-23,13-23)20(27)28/h6,8-9,14,17H,5,7,10-13H2,1-4H3,(H,27,28)/t14-,17+,23?,24?/m0/s1. The third kappa shape index (κ3) is 3.32. The Labute approximate surface area is 186 Å². The van der Waals surface area contributed by atoms with Crippen LogP contribution in [0.2, 0.25) is 0 Å². The van der Waals surface area contributed by atoms with Gasteiger partial charge in [-0.25, -0.2) is 9.78 Å². The number of hydrogen-bond acceptors (Lipinski definition) is 5. The van der Waals surface area contributed by atoms with Gasteiger partial charge in [-0.2, -0.15) is 0 Å². The summed E-state index contributed by atoms with van der Waals surface area (Å²) in [4.78, 5) is 31.2. The molecule has 0 radical (unpaired) electrons. The number of nitrogens with zero attached hydrogens (tertiary/aromatic N) is 2. The number of carbonyl (C=O) groups excluding carboxylic acids is 1. The first-order chi connectivity index (χ1) is 14.5. The lowest BCUT2D eigenvalue weighted by Gasteiger charge is -2.67. The van der Waals surface area contributed by atoms with E-state index in [1.54, 1.807) is 11.3 Å². The fraction of sp³-hybridized carbons (Fsp3) is 0.625. The number of aromatic nitrogens is 1. The van der Waals surface area contributed by atoms with Gasteiger partial charge in [0, 0.05) is 12.0 Å². The van der Waals surface area contributed by atoms with Gasteiger partial charge in [-0.3, -0.25) is 4.79 Å². The average Bonchev–Trinajstić information content (AvgIpc) is 3.00. The Balaban J connectivity index is 1.40. The Kier molecular flexibility index (Phi) is 4.46. The monoisotopic (exact) mass is 442 g/mol. The summed E-state index contributed by atoms with van der Waals surface area (Å²) in [6.07, 6.45) is 3.88. The van der Waals surface area contributed by atoms with Gasteiger partial charge in [0.15, 0.2) is 0 Å². The molecule has 4 fully saturated rings. The summed E-state index contributed by atoms with van der Waals surface area (Å²) in [6, 6.07) is 6.33. The predicted molar refractivity (Wildman–Crippen MR) is 119 cm³/mol. The molecule has 3 aliphatic carbocycles. The SMILES string of the molecule is C[C@H]1CC[C@H](c2ccc3sc(C45CC(C(=O)O)(C4)C5)nc3c2)N(C(=O)OC(C)(C)C)C1. The molecule has 1 N–H and O–H groups in total. The first kappa shape index (κ1) is 20.7. The normalized spacial score (nSPS) is 32.3. The summed E-state index contributed by atoms with van der Waals surface area (Å²) in [7, 11) is 0. The zero-order chi connectivity index (χ0) is 22.2. The first-order valence-corrected chi connectivity index (χ1v) is 12.0. The smallest absolute Gasteiger partial charge is 0.410 e. The molecule has 2 atom stereocenters. The third-order valence-corrected chi connectivity index (χ3v) is 8.46. The zero-order valence-electron chi connectivity index (χ0n) is 18.6. The number of amides is 1. The lowest BCUT2D eigenvalue weighted by Crippen LogP contribution is -2.67. The molecule has 7 heteroatoms. The fourth-order valence-corrected chi connectivity index (χ4v) is 6.77. The van der Waals surface area contributed by atoms with Crippen LogP contribution in [0.1, 0.15) is 76.4 Å². The third-order valence-electron chi connectivity index (χ3n) is 7.18. The van der Waals surface area contributed by atoms with Crippen LogP contribution >= 0.6 is 11.3 Å². The molecule has 2 bridgehead atoms. The number of thiazole rings is 1. The lowest BCUT2D eigenvalue weighted by molar-refractivity contribution is -0.194. The topological polar surface area (TPSA) is 79.7 Å². The van der Waals surface area contributed by atoms with Crippen molar-refractivity contribution in [3.8, 4) is 0 Å². The van der Waals surface area contributed by atoms with Gasteiger partial charge in [0.05, 0.1) is 21.7 Å². The Morgan fingerprint density at radius 2 is 1.94 bits per heavy atom. The summed E-state index contributed by atoms with van der Waals surface area (Å²) < 4.78 is 6.82. The summed E-state index contributed by atoms with van der Waals surface area (Å²) >= 11 is 1.69. The Morgan fingerprint density at radius 1 is 1.23 bits per heavy atom. The number of fused-ring (bicyclic) bond motifs is 1. The summed E-state index contributed by atoms with van der Waals surface area (Å²) in [5.41, 5.74) is 1.02. The molecule has 1 aromatic carbocycles. The van der Waals surface area contributed by atoms with E-state index in [0.29, 0.717) is 12.5 Å². The van der Waals surface area contributed by atoms with Crippen LogP contribution in [0.4, 0.5) is 4.79 Å². The zero-order valence-corrected chi connectivity index (χ0v) is 19.4. The highest BCUT2D eigenvalue weighted by atomic mass is 32.1. The van der Waals surface area contributed by atoms with Crippen LogP contribution in [0.3, 0.4) is 0 Å². The average molecular weight is 443 g/mol. The molecule has 31 heavy (non-hydrogen) atoms.